The number of methoxy groups -OCH3 is 1. The highest BCUT2D eigenvalue weighted by molar-refractivity contribution is 6.74. The van der Waals surface area contributed by atoms with Gasteiger partial charge in [-0.1, -0.05) is 102 Å². The molecule has 0 heterocycles. The Bertz CT molecular complexity index is 1380. The van der Waals surface area contributed by atoms with Crippen LogP contribution in [0, 0.1) is 0 Å². The lowest BCUT2D eigenvalue weighted by Crippen LogP contribution is -2.59. The van der Waals surface area contributed by atoms with Crippen molar-refractivity contribution in [3.63, 3.8) is 0 Å². The molecule has 0 saturated heterocycles. The van der Waals surface area contributed by atoms with Crippen LogP contribution in [0.5, 0.6) is 0 Å². The van der Waals surface area contributed by atoms with Crippen molar-refractivity contribution >= 4 is 40.5 Å². The number of alkyl carbamates (subject to hydrolysis) is 1. The van der Waals surface area contributed by atoms with Crippen molar-refractivity contribution in [3.05, 3.63) is 71.8 Å². The first-order chi connectivity index (χ1) is 22.7. The molecule has 49 heavy (non-hydrogen) atoms. The summed E-state index contributed by atoms with van der Waals surface area (Å²) in [7, 11) is -3.39. The average Bonchev–Trinajstić information content (AvgIpc) is 3.03. The molecule has 0 unspecified atom stereocenters. The standard InChI is InChI=1S/C36H57N3O8Si2/c1-35(2,3)48(8,9)46-24-29(39-34(43)45-23-27-20-16-13-17-21-27)32(41)37-28(22-26-18-14-12-15-19-26)31(40)38-30(33(42)44-7)25-47-49(10,11)36(4,5)6/h12-21,28-30H,22-25H2,1-11H3,(H,37,41)(H,38,40)(H,39,43)/t28-,29+,30+/m1/s1. The van der Waals surface area contributed by atoms with E-state index in [1.807, 2.05) is 86.9 Å². The van der Waals surface area contributed by atoms with Gasteiger partial charge in [0, 0.05) is 6.42 Å². The molecular formula is C36H57N3O8Si2. The predicted octanol–water partition coefficient (Wildman–Crippen LogP) is 5.71. The van der Waals surface area contributed by atoms with E-state index in [-0.39, 0.29) is 36.3 Å². The summed E-state index contributed by atoms with van der Waals surface area (Å²) in [5.74, 6) is -1.92. The summed E-state index contributed by atoms with van der Waals surface area (Å²) < 4.78 is 23.0. The Morgan fingerprint density at radius 1 is 0.633 bits per heavy atom. The van der Waals surface area contributed by atoms with Crippen LogP contribution in [-0.4, -0.2) is 79.0 Å². The summed E-state index contributed by atoms with van der Waals surface area (Å²) >= 11 is 0. The van der Waals surface area contributed by atoms with E-state index >= 15 is 0 Å². The van der Waals surface area contributed by atoms with Gasteiger partial charge in [0.2, 0.25) is 11.8 Å². The van der Waals surface area contributed by atoms with Gasteiger partial charge >= 0.3 is 12.1 Å². The Morgan fingerprint density at radius 3 is 1.53 bits per heavy atom. The second-order valence-electron chi connectivity index (χ2n) is 15.2. The van der Waals surface area contributed by atoms with Crippen molar-refractivity contribution in [2.75, 3.05) is 20.3 Å². The van der Waals surface area contributed by atoms with Crippen LogP contribution < -0.4 is 16.0 Å². The molecule has 13 heteroatoms. The van der Waals surface area contributed by atoms with Gasteiger partial charge in [0.1, 0.15) is 24.7 Å². The largest absolute Gasteiger partial charge is 0.467 e. The summed E-state index contributed by atoms with van der Waals surface area (Å²) in [5.41, 5.74) is 1.56. The third-order valence-electron chi connectivity index (χ3n) is 9.37. The van der Waals surface area contributed by atoms with Crippen LogP contribution in [0.3, 0.4) is 0 Å². The molecule has 0 aliphatic rings. The van der Waals surface area contributed by atoms with Gasteiger partial charge < -0.3 is 34.3 Å². The number of carbonyl (C=O) groups is 4. The molecule has 0 aliphatic carbocycles. The molecule has 0 aliphatic heterocycles. The highest BCUT2D eigenvalue weighted by atomic mass is 28.4. The summed E-state index contributed by atoms with van der Waals surface area (Å²) in [5, 5.41) is 7.91. The molecule has 3 amide bonds. The molecule has 272 valence electrons. The number of benzene rings is 2. The first kappa shape index (κ1) is 41.6. The fraction of sp³-hybridized carbons (Fsp3) is 0.556. The Kier molecular flexibility index (Phi) is 15.2. The molecule has 2 aromatic rings. The van der Waals surface area contributed by atoms with E-state index in [9.17, 15) is 19.2 Å². The third-order valence-corrected chi connectivity index (χ3v) is 18.4. The van der Waals surface area contributed by atoms with Gasteiger partial charge in [0.05, 0.1) is 20.3 Å². The van der Waals surface area contributed by atoms with Crippen molar-refractivity contribution in [3.8, 4) is 0 Å². The summed E-state index contributed by atoms with van der Waals surface area (Å²) in [6.07, 6.45) is -0.690. The lowest BCUT2D eigenvalue weighted by Gasteiger charge is -2.37. The van der Waals surface area contributed by atoms with Crippen molar-refractivity contribution in [2.24, 2.45) is 0 Å². The number of nitrogens with one attached hydrogen (secondary N) is 3. The van der Waals surface area contributed by atoms with E-state index in [1.54, 1.807) is 0 Å². The molecule has 2 rings (SSSR count). The van der Waals surface area contributed by atoms with E-state index in [2.05, 4.69) is 57.5 Å². The highest BCUT2D eigenvalue weighted by Gasteiger charge is 2.40. The number of rotatable bonds is 16. The Morgan fingerprint density at radius 2 is 1.06 bits per heavy atom. The fourth-order valence-electron chi connectivity index (χ4n) is 4.02. The van der Waals surface area contributed by atoms with Crippen molar-refractivity contribution in [1.29, 1.82) is 0 Å². The van der Waals surface area contributed by atoms with E-state index in [1.165, 1.54) is 7.11 Å². The number of hydrogen-bond donors (Lipinski definition) is 3. The number of esters is 1. The van der Waals surface area contributed by atoms with Gasteiger partial charge in [-0.15, -0.1) is 0 Å². The first-order valence-corrected chi connectivity index (χ1v) is 22.5. The quantitative estimate of drug-likeness (QED) is 0.148. The summed E-state index contributed by atoms with van der Waals surface area (Å²) in [6.45, 7) is 20.4. The maximum atomic E-state index is 13.9. The lowest BCUT2D eigenvalue weighted by molar-refractivity contribution is -0.146. The van der Waals surface area contributed by atoms with Crippen LogP contribution in [0.4, 0.5) is 4.79 Å². The normalized spacial score (nSPS) is 14.2. The highest BCUT2D eigenvalue weighted by Crippen LogP contribution is 2.37. The Labute approximate surface area is 294 Å². The van der Waals surface area contributed by atoms with Crippen LogP contribution in [0.15, 0.2) is 60.7 Å². The van der Waals surface area contributed by atoms with Gasteiger partial charge in [-0.2, -0.15) is 0 Å². The fourth-order valence-corrected chi connectivity index (χ4v) is 6.05. The molecule has 2 aromatic carbocycles. The zero-order chi connectivity index (χ0) is 37.0. The van der Waals surface area contributed by atoms with E-state index in [0.29, 0.717) is 0 Å². The summed E-state index contributed by atoms with van der Waals surface area (Å²) in [4.78, 5) is 53.6. The van der Waals surface area contributed by atoms with Crippen LogP contribution in [0.25, 0.3) is 0 Å². The summed E-state index contributed by atoms with van der Waals surface area (Å²) in [6, 6.07) is 15.0. The van der Waals surface area contributed by atoms with Gasteiger partial charge in [-0.3, -0.25) is 9.59 Å². The second-order valence-corrected chi connectivity index (χ2v) is 24.9. The minimum Gasteiger partial charge on any atom is -0.467 e. The molecular weight excluding hydrogens is 659 g/mol. The second kappa shape index (κ2) is 17.9. The van der Waals surface area contributed by atoms with Crippen molar-refractivity contribution in [1.82, 2.24) is 16.0 Å². The van der Waals surface area contributed by atoms with E-state index in [0.717, 1.165) is 11.1 Å². The Balaban J connectivity index is 2.34. The lowest BCUT2D eigenvalue weighted by atomic mass is 10.0. The number of carbonyl (C=O) groups excluding carboxylic acids is 4. The molecule has 3 N–H and O–H groups in total. The van der Waals surface area contributed by atoms with Gasteiger partial charge in [-0.25, -0.2) is 9.59 Å². The Hall–Kier alpha value is -3.53. The smallest absolute Gasteiger partial charge is 0.408 e. The molecule has 11 nitrogen and oxygen atoms in total. The van der Waals surface area contributed by atoms with Crippen LogP contribution in [0.2, 0.25) is 36.3 Å². The maximum Gasteiger partial charge on any atom is 0.408 e. The SMILES string of the molecule is COC(=O)[C@H](CO[Si](C)(C)C(C)(C)C)NC(=O)[C@@H](Cc1ccccc1)NC(=O)[C@H](CO[Si](C)(C)C(C)(C)C)NC(=O)OCc1ccccc1. The molecule has 0 saturated carbocycles. The molecule has 0 spiro atoms. The van der Waals surface area contributed by atoms with E-state index < -0.39 is 58.6 Å². The first-order valence-electron chi connectivity index (χ1n) is 16.6. The van der Waals surface area contributed by atoms with Crippen LogP contribution in [0.1, 0.15) is 52.7 Å². The maximum absolute atomic E-state index is 13.9. The number of ether oxygens (including phenoxy) is 2. The monoisotopic (exact) mass is 715 g/mol. The minimum absolute atomic E-state index is 0.00893. The minimum atomic E-state index is -2.35. The number of hydrogen-bond acceptors (Lipinski definition) is 8. The van der Waals surface area contributed by atoms with Crippen LogP contribution in [-0.2, 0) is 45.7 Å². The average molecular weight is 716 g/mol. The van der Waals surface area contributed by atoms with Gasteiger partial charge in [0.15, 0.2) is 16.6 Å². The van der Waals surface area contributed by atoms with Gasteiger partial charge in [-0.05, 0) is 47.4 Å². The molecule has 0 aromatic heterocycles. The predicted molar refractivity (Wildman–Crippen MR) is 196 cm³/mol. The molecule has 0 radical (unpaired) electrons. The zero-order valence-corrected chi connectivity index (χ0v) is 33.1. The zero-order valence-electron chi connectivity index (χ0n) is 31.1. The van der Waals surface area contributed by atoms with Crippen LogP contribution >= 0.6 is 0 Å². The molecule has 0 fully saturated rings. The van der Waals surface area contributed by atoms with E-state index in [4.69, 9.17) is 18.3 Å². The van der Waals surface area contributed by atoms with Crippen molar-refractivity contribution < 1.29 is 37.5 Å². The van der Waals surface area contributed by atoms with Gasteiger partial charge in [0.25, 0.3) is 0 Å². The van der Waals surface area contributed by atoms with Crippen molar-refractivity contribution in [2.45, 2.75) is 109 Å². The number of amides is 3. The molecule has 0 bridgehead atoms. The third kappa shape index (κ3) is 13.4. The topological polar surface area (TPSA) is 141 Å². The molecule has 3 atom stereocenters.